The smallest absolute Gasteiger partial charge is 0.0808 e. The molecule has 0 amide bonds. The van der Waals surface area contributed by atoms with Gasteiger partial charge in [-0.15, -0.1) is 17.1 Å². The summed E-state index contributed by atoms with van der Waals surface area (Å²) in [5.74, 6) is 1.46. The Kier molecular flexibility index (Phi) is 12.5. The maximum atomic E-state index is 4.06. The van der Waals surface area contributed by atoms with Gasteiger partial charge in [-0.2, -0.15) is 0 Å². The average Bonchev–Trinajstić information content (AvgIpc) is 3.87. The predicted octanol–water partition coefficient (Wildman–Crippen LogP) is 17.2. The Morgan fingerprint density at radius 1 is 0.387 bits per heavy atom. The van der Waals surface area contributed by atoms with Gasteiger partial charge in [-0.1, -0.05) is 120 Å². The average molecular weight is 990 g/mol. The molecule has 0 fully saturated rings. The summed E-state index contributed by atoms with van der Waals surface area (Å²) in [7, 11) is 0. The van der Waals surface area contributed by atoms with Crippen LogP contribution in [0.3, 0.4) is 0 Å². The topological polar surface area (TPSA) is 0 Å². The second-order valence-corrected chi connectivity index (χ2v) is 24.8. The van der Waals surface area contributed by atoms with E-state index in [-0.39, 0.29) is 16.7 Å². The van der Waals surface area contributed by atoms with Gasteiger partial charge in [-0.25, -0.2) is 0 Å². The van der Waals surface area contributed by atoms with Gasteiger partial charge in [0.1, 0.15) is 0 Å². The van der Waals surface area contributed by atoms with Crippen molar-refractivity contribution in [2.75, 3.05) is 0 Å². The van der Waals surface area contributed by atoms with Gasteiger partial charge in [0, 0.05) is 53.2 Å². The van der Waals surface area contributed by atoms with Crippen LogP contribution in [-0.2, 0) is 10.8 Å². The summed E-state index contributed by atoms with van der Waals surface area (Å²) in [6.45, 7) is 32.0. The minimum absolute atomic E-state index is 0.0781. The number of hydrogen-bond donors (Lipinski definition) is 0. The van der Waals surface area contributed by atoms with Crippen LogP contribution in [0.25, 0.3) is 22.6 Å². The largest absolute Gasteiger partial charge is 0.135 e. The van der Waals surface area contributed by atoms with Crippen molar-refractivity contribution in [1.29, 1.82) is 0 Å². The monoisotopic (exact) mass is 990 g/mol. The highest BCUT2D eigenvalue weighted by molar-refractivity contribution is 7.08. The molecule has 2 aliphatic rings. The van der Waals surface area contributed by atoms with E-state index in [4.69, 9.17) is 0 Å². The molecule has 0 saturated heterocycles. The third-order valence-electron chi connectivity index (χ3n) is 16.2. The second-order valence-electron chi connectivity index (χ2n) is 23.7. The van der Waals surface area contributed by atoms with Crippen molar-refractivity contribution >= 4 is 33.9 Å². The first-order valence-corrected chi connectivity index (χ1v) is 27.7. The molecular formula is C74H69S+. The maximum Gasteiger partial charge on any atom is 0.0808 e. The summed E-state index contributed by atoms with van der Waals surface area (Å²) in [5, 5.41) is 4.81. The van der Waals surface area contributed by atoms with E-state index in [1.54, 1.807) is 0 Å². The summed E-state index contributed by atoms with van der Waals surface area (Å²) in [6, 6.07) is 59.7. The van der Waals surface area contributed by atoms with E-state index in [9.17, 15) is 0 Å². The normalized spacial score (nSPS) is 13.9. The van der Waals surface area contributed by atoms with Crippen LogP contribution in [-0.4, -0.2) is 0 Å². The summed E-state index contributed by atoms with van der Waals surface area (Å²) in [4.78, 5) is 0. The van der Waals surface area contributed by atoms with Crippen molar-refractivity contribution in [2.24, 2.45) is 0 Å². The first-order valence-electron chi connectivity index (χ1n) is 26.9. The standard InChI is InChI=1S/C74H69S/c1-43-33-51(34-44(2)63(43)41-65-55-23-15-19-27-59(55)71(60-28-20-16-24-56(60)65)69-47(5)37-53(38-48(69)6)73(9,10)11)67-31-32-68(75-67)52-35-45(3)64(46(4)36-52)42-66-57-25-17-21-29-61(57)72(62-30-22-18-26-58(62)66)70-49(7)39-54(40-50(70)8)74(12,13)14/h15-40,71H,1-14H3/q+1. The maximum absolute atomic E-state index is 4.06. The molecule has 0 nitrogen and oxygen atoms in total. The van der Waals surface area contributed by atoms with Crippen molar-refractivity contribution in [1.82, 2.24) is 0 Å². The molecule has 0 aliphatic heterocycles. The predicted molar refractivity (Wildman–Crippen MR) is 319 cm³/mol. The van der Waals surface area contributed by atoms with Gasteiger partial charge in [-0.3, -0.25) is 0 Å². The lowest BCUT2D eigenvalue weighted by atomic mass is 9.70. The van der Waals surface area contributed by atoms with E-state index >= 15 is 0 Å². The number of aryl methyl sites for hydroxylation is 8. The Morgan fingerprint density at radius 3 is 1.13 bits per heavy atom. The van der Waals surface area contributed by atoms with Crippen LogP contribution < -0.4 is 10.4 Å². The Hall–Kier alpha value is -7.37. The molecule has 0 radical (unpaired) electrons. The molecule has 0 bridgehead atoms. The van der Waals surface area contributed by atoms with Gasteiger partial charge in [0.15, 0.2) is 0 Å². The van der Waals surface area contributed by atoms with Crippen LogP contribution in [0.15, 0.2) is 158 Å². The lowest BCUT2D eigenvalue weighted by Gasteiger charge is -2.33. The van der Waals surface area contributed by atoms with Crippen molar-refractivity contribution in [3.63, 3.8) is 0 Å². The third-order valence-corrected chi connectivity index (χ3v) is 17.3. The highest BCUT2D eigenvalue weighted by Crippen LogP contribution is 2.49. The molecule has 0 spiro atoms. The molecule has 0 unspecified atom stereocenters. The Labute approximate surface area is 449 Å². The SMILES string of the molecule is Cc1cc(C(C)(C)C)cc(C)c1[C+]1c2ccccc2C(=C=c2c(C)cc(=c3ccc(=c4cc(C)c(=C=C5c6ccccc6C(c6c(C)cc(C(C)(C)C)cc6C)c6ccccc65)c(C)c4)s3)cc2C)c2ccccc21. The van der Waals surface area contributed by atoms with Crippen LogP contribution >= 0.6 is 11.3 Å². The number of fused-ring (bicyclic) bond motifs is 4. The molecule has 0 N–H and O–H groups in total. The minimum Gasteiger partial charge on any atom is -0.135 e. The van der Waals surface area contributed by atoms with E-state index in [1.807, 2.05) is 11.3 Å². The van der Waals surface area contributed by atoms with Crippen molar-refractivity contribution in [2.45, 2.75) is 114 Å². The van der Waals surface area contributed by atoms with Crippen molar-refractivity contribution < 1.29 is 0 Å². The summed E-state index contributed by atoms with van der Waals surface area (Å²) >= 11 is 1.87. The molecule has 0 atom stereocenters. The van der Waals surface area contributed by atoms with E-state index in [1.165, 1.54) is 147 Å². The van der Waals surface area contributed by atoms with Gasteiger partial charge in [0.2, 0.25) is 0 Å². The Balaban J connectivity index is 1.03. The third kappa shape index (κ3) is 8.82. The molecule has 0 saturated carbocycles. The van der Waals surface area contributed by atoms with E-state index in [2.05, 4.69) is 266 Å². The van der Waals surface area contributed by atoms with Crippen molar-refractivity contribution in [3.8, 4) is 0 Å². The number of benzene rings is 8. The van der Waals surface area contributed by atoms with Crippen LogP contribution in [0.2, 0.25) is 0 Å². The van der Waals surface area contributed by atoms with Crippen LogP contribution in [0.1, 0.15) is 159 Å². The first-order chi connectivity index (χ1) is 35.8. The fourth-order valence-corrected chi connectivity index (χ4v) is 13.4. The zero-order valence-corrected chi connectivity index (χ0v) is 47.3. The van der Waals surface area contributed by atoms with Gasteiger partial charge < -0.3 is 0 Å². The number of thiophene rings is 1. The van der Waals surface area contributed by atoms with Crippen LogP contribution in [0, 0.1) is 80.8 Å². The zero-order valence-electron chi connectivity index (χ0n) is 46.5. The quantitative estimate of drug-likeness (QED) is 0.151. The fraction of sp³-hybridized carbons (Fsp3) is 0.230. The molecule has 2 aliphatic carbocycles. The Bertz CT molecular complexity index is 3780. The first kappa shape index (κ1) is 49.8. The molecule has 11 rings (SSSR count). The van der Waals surface area contributed by atoms with Crippen molar-refractivity contribution in [3.05, 3.63) is 305 Å². The molecule has 9 aromatic rings. The molecule has 75 heavy (non-hydrogen) atoms. The molecule has 1 heterocycles. The van der Waals surface area contributed by atoms with Gasteiger partial charge >= 0.3 is 0 Å². The van der Waals surface area contributed by atoms with Gasteiger partial charge in [0.25, 0.3) is 0 Å². The van der Waals surface area contributed by atoms with Crippen LogP contribution in [0.5, 0.6) is 0 Å². The van der Waals surface area contributed by atoms with Crippen LogP contribution in [0.4, 0.5) is 0 Å². The van der Waals surface area contributed by atoms with E-state index in [0.29, 0.717) is 0 Å². The number of hydrogen-bond acceptors (Lipinski definition) is 1. The zero-order chi connectivity index (χ0) is 52.8. The molecule has 1 heteroatoms. The summed E-state index contributed by atoms with van der Waals surface area (Å²) in [5.41, 5.74) is 36.6. The lowest BCUT2D eigenvalue weighted by Crippen LogP contribution is -2.19. The highest BCUT2D eigenvalue weighted by atomic mass is 32.1. The van der Waals surface area contributed by atoms with Gasteiger partial charge in [0.05, 0.1) is 28.2 Å². The molecular weight excluding hydrogens is 921 g/mol. The highest BCUT2D eigenvalue weighted by Gasteiger charge is 2.38. The second kappa shape index (κ2) is 18.8. The molecule has 8 aromatic carbocycles. The Morgan fingerprint density at radius 2 is 0.733 bits per heavy atom. The van der Waals surface area contributed by atoms with E-state index < -0.39 is 0 Å². The summed E-state index contributed by atoms with van der Waals surface area (Å²) < 4.78 is 2.53. The van der Waals surface area contributed by atoms with E-state index in [0.717, 1.165) is 10.8 Å². The molecule has 370 valence electrons. The molecule has 1 aromatic heterocycles. The summed E-state index contributed by atoms with van der Waals surface area (Å²) in [6.07, 6.45) is 0. The minimum atomic E-state index is 0.0781. The van der Waals surface area contributed by atoms with Gasteiger partial charge in [-0.05, 0) is 234 Å². The lowest BCUT2D eigenvalue weighted by molar-refractivity contribution is 0.588. The fourth-order valence-electron chi connectivity index (χ4n) is 12.4. The number of rotatable bonds is 2.